The van der Waals surface area contributed by atoms with Gasteiger partial charge in [-0.05, 0) is 63.1 Å². The van der Waals surface area contributed by atoms with E-state index in [1.54, 1.807) is 6.20 Å². The second kappa shape index (κ2) is 6.36. The number of aliphatic imine (C=N–C) groups is 3. The van der Waals surface area contributed by atoms with Crippen molar-refractivity contribution in [3.05, 3.63) is 52.2 Å². The number of allylic oxidation sites excluding steroid dienone is 3. The van der Waals surface area contributed by atoms with Crippen molar-refractivity contribution in [2.75, 3.05) is 0 Å². The number of halogens is 1. The maximum absolute atomic E-state index is 6.06. The molecule has 1 spiro atoms. The van der Waals surface area contributed by atoms with Gasteiger partial charge in [0.2, 0.25) is 0 Å². The summed E-state index contributed by atoms with van der Waals surface area (Å²) in [5.74, 6) is 0.535. The quantitative estimate of drug-likeness (QED) is 0.650. The smallest absolute Gasteiger partial charge is 0.178 e. The van der Waals surface area contributed by atoms with E-state index in [4.69, 9.17) is 27.3 Å². The average Bonchev–Trinajstić information content (AvgIpc) is 2.81. The van der Waals surface area contributed by atoms with Crippen LogP contribution in [0.2, 0.25) is 0 Å². The van der Waals surface area contributed by atoms with Gasteiger partial charge in [-0.15, -0.1) is 0 Å². The highest BCUT2D eigenvalue weighted by atomic mass is 35.5. The lowest BCUT2D eigenvalue weighted by Crippen LogP contribution is -2.26. The van der Waals surface area contributed by atoms with Gasteiger partial charge >= 0.3 is 0 Å². The molecule has 0 amide bonds. The van der Waals surface area contributed by atoms with Crippen molar-refractivity contribution in [3.63, 3.8) is 0 Å². The van der Waals surface area contributed by atoms with Gasteiger partial charge in [0.25, 0.3) is 0 Å². The number of hydrogen-bond donors (Lipinski definition) is 1. The number of benzene rings is 1. The molecule has 1 aromatic carbocycles. The predicted octanol–water partition coefficient (Wildman–Crippen LogP) is 4.19. The second-order valence-electron chi connectivity index (χ2n) is 6.23. The molecule has 1 aliphatic carbocycles. The first-order valence-corrected chi connectivity index (χ1v) is 8.39. The Labute approximate surface area is 147 Å². The lowest BCUT2D eigenvalue weighted by Gasteiger charge is -2.31. The van der Waals surface area contributed by atoms with Gasteiger partial charge in [-0.3, -0.25) is 9.98 Å². The molecule has 1 heterocycles. The van der Waals surface area contributed by atoms with Crippen molar-refractivity contribution in [2.45, 2.75) is 38.8 Å². The number of rotatable bonds is 3. The van der Waals surface area contributed by atoms with Crippen LogP contribution >= 0.6 is 11.6 Å². The van der Waals surface area contributed by atoms with Gasteiger partial charge in [-0.1, -0.05) is 23.7 Å². The Hall–Kier alpha value is -2.20. The average molecular weight is 341 g/mol. The summed E-state index contributed by atoms with van der Waals surface area (Å²) in [4.78, 5) is 13.4. The Morgan fingerprint density at radius 1 is 1.42 bits per heavy atom. The molecule has 0 saturated heterocycles. The topological polar surface area (TPSA) is 63.1 Å². The summed E-state index contributed by atoms with van der Waals surface area (Å²) in [5.41, 5.74) is 10.6. The van der Waals surface area contributed by atoms with Crippen LogP contribution in [-0.4, -0.2) is 18.3 Å². The third-order valence-electron chi connectivity index (χ3n) is 4.46. The first-order chi connectivity index (χ1) is 11.4. The maximum Gasteiger partial charge on any atom is 0.178 e. The third kappa shape index (κ3) is 2.94. The molecule has 1 aromatic rings. The fraction of sp³-hybridized carbons (Fsp3) is 0.316. The largest absolute Gasteiger partial charge is 0.382 e. The molecule has 0 saturated carbocycles. The molecular weight excluding hydrogens is 320 g/mol. The molecule has 3 rings (SSSR count). The zero-order valence-corrected chi connectivity index (χ0v) is 14.8. The SMILES string of the molecule is C=N/C=C(\C=C(/C)Cl)c1ccc2c(c1)C1(CCC2)N=C(C)C(N)=N1. The molecule has 1 atom stereocenters. The van der Waals surface area contributed by atoms with Crippen molar-refractivity contribution in [3.8, 4) is 0 Å². The van der Waals surface area contributed by atoms with Crippen LogP contribution in [-0.2, 0) is 12.1 Å². The van der Waals surface area contributed by atoms with E-state index in [2.05, 4.69) is 29.9 Å². The van der Waals surface area contributed by atoms with E-state index in [-0.39, 0.29) is 0 Å². The van der Waals surface area contributed by atoms with E-state index < -0.39 is 5.66 Å². The summed E-state index contributed by atoms with van der Waals surface area (Å²) >= 11 is 6.06. The molecule has 124 valence electrons. The van der Waals surface area contributed by atoms with Crippen molar-refractivity contribution >= 4 is 35.4 Å². The lowest BCUT2D eigenvalue weighted by molar-refractivity contribution is 0.400. The van der Waals surface area contributed by atoms with E-state index in [1.807, 2.05) is 19.9 Å². The minimum absolute atomic E-state index is 0.535. The highest BCUT2D eigenvalue weighted by molar-refractivity contribution is 6.41. The Kier molecular flexibility index (Phi) is 4.41. The minimum atomic E-state index is -0.565. The van der Waals surface area contributed by atoms with Crippen LogP contribution in [0.4, 0.5) is 0 Å². The van der Waals surface area contributed by atoms with Crippen LogP contribution in [0.15, 0.2) is 50.5 Å². The van der Waals surface area contributed by atoms with Gasteiger partial charge < -0.3 is 5.73 Å². The highest BCUT2D eigenvalue weighted by Crippen LogP contribution is 2.43. The normalized spacial score (nSPS) is 23.8. The van der Waals surface area contributed by atoms with Gasteiger partial charge in [-0.25, -0.2) is 4.99 Å². The van der Waals surface area contributed by atoms with Crippen LogP contribution in [0.3, 0.4) is 0 Å². The molecule has 0 bridgehead atoms. The Bertz CT molecular complexity index is 793. The fourth-order valence-electron chi connectivity index (χ4n) is 3.39. The number of hydrogen-bond acceptors (Lipinski definition) is 4. The van der Waals surface area contributed by atoms with Crippen LogP contribution in [0, 0.1) is 0 Å². The summed E-state index contributed by atoms with van der Waals surface area (Å²) in [5, 5.41) is 0.689. The monoisotopic (exact) mass is 340 g/mol. The molecule has 5 heteroatoms. The Morgan fingerprint density at radius 3 is 2.83 bits per heavy atom. The molecule has 0 fully saturated rings. The van der Waals surface area contributed by atoms with E-state index >= 15 is 0 Å². The zero-order valence-electron chi connectivity index (χ0n) is 14.0. The van der Waals surface area contributed by atoms with Gasteiger partial charge in [0.15, 0.2) is 5.66 Å². The van der Waals surface area contributed by atoms with E-state index in [1.165, 1.54) is 5.56 Å². The minimum Gasteiger partial charge on any atom is -0.382 e. The predicted molar refractivity (Wildman–Crippen MR) is 103 cm³/mol. The van der Waals surface area contributed by atoms with Gasteiger partial charge in [0.1, 0.15) is 5.84 Å². The number of fused-ring (bicyclic) bond motifs is 2. The second-order valence-corrected chi connectivity index (χ2v) is 6.83. The summed E-state index contributed by atoms with van der Waals surface area (Å²) in [6.07, 6.45) is 6.56. The Balaban J connectivity index is 2.15. The van der Waals surface area contributed by atoms with Gasteiger partial charge in [0, 0.05) is 22.4 Å². The van der Waals surface area contributed by atoms with Crippen LogP contribution in [0.1, 0.15) is 43.4 Å². The lowest BCUT2D eigenvalue weighted by atomic mass is 9.81. The first-order valence-electron chi connectivity index (χ1n) is 8.01. The first kappa shape index (κ1) is 16.7. The summed E-state index contributed by atoms with van der Waals surface area (Å²) in [6, 6.07) is 6.37. The van der Waals surface area contributed by atoms with Crippen molar-refractivity contribution in [2.24, 2.45) is 20.7 Å². The molecule has 1 unspecified atom stereocenters. The number of nitrogens with zero attached hydrogens (tertiary/aromatic N) is 3. The van der Waals surface area contributed by atoms with E-state index in [9.17, 15) is 0 Å². The summed E-state index contributed by atoms with van der Waals surface area (Å²) < 4.78 is 0. The molecular formula is C19H21ClN4. The van der Waals surface area contributed by atoms with Gasteiger partial charge in [-0.2, -0.15) is 0 Å². The third-order valence-corrected chi connectivity index (χ3v) is 4.57. The number of nitrogens with two attached hydrogens (primary N) is 1. The van der Waals surface area contributed by atoms with Crippen molar-refractivity contribution in [1.82, 2.24) is 0 Å². The number of amidine groups is 1. The van der Waals surface area contributed by atoms with Gasteiger partial charge in [0.05, 0.1) is 5.71 Å². The van der Waals surface area contributed by atoms with Crippen LogP contribution < -0.4 is 5.73 Å². The molecule has 2 N–H and O–H groups in total. The molecule has 24 heavy (non-hydrogen) atoms. The zero-order chi connectivity index (χ0) is 17.3. The van der Waals surface area contributed by atoms with E-state index in [0.29, 0.717) is 10.9 Å². The fourth-order valence-corrected chi connectivity index (χ4v) is 3.50. The maximum atomic E-state index is 6.06. The summed E-state index contributed by atoms with van der Waals surface area (Å²) in [6.45, 7) is 7.31. The number of aryl methyl sites for hydroxylation is 1. The molecule has 0 aromatic heterocycles. The van der Waals surface area contributed by atoms with Crippen molar-refractivity contribution < 1.29 is 0 Å². The van der Waals surface area contributed by atoms with Crippen LogP contribution in [0.25, 0.3) is 5.57 Å². The van der Waals surface area contributed by atoms with Crippen molar-refractivity contribution in [1.29, 1.82) is 0 Å². The molecule has 4 nitrogen and oxygen atoms in total. The Morgan fingerprint density at radius 2 is 2.21 bits per heavy atom. The standard InChI is InChI=1S/C19H21ClN4/c1-12(20)9-16(11-22-3)15-7-6-14-5-4-8-19(17(14)10-15)23-13(2)18(21)24-19/h6-7,9-11H,3-5,8H2,1-2H3,(H2,21,24)/b12-9+,16-11+. The van der Waals surface area contributed by atoms with Crippen LogP contribution in [0.5, 0.6) is 0 Å². The van der Waals surface area contributed by atoms with E-state index in [0.717, 1.165) is 41.7 Å². The molecule has 2 aliphatic rings. The molecule has 0 radical (unpaired) electrons. The molecule has 1 aliphatic heterocycles. The summed E-state index contributed by atoms with van der Waals surface area (Å²) in [7, 11) is 0. The highest BCUT2D eigenvalue weighted by Gasteiger charge is 2.39.